The first kappa shape index (κ1) is 24.6. The molecule has 22 heavy (non-hydrogen) atoms. The highest BCUT2D eigenvalue weighted by Crippen LogP contribution is 1.99. The van der Waals surface area contributed by atoms with Crippen LogP contribution >= 0.6 is 0 Å². The Labute approximate surface area is 127 Å². The average molecular weight is 322 g/mol. The van der Waals surface area contributed by atoms with Crippen molar-refractivity contribution in [3.8, 4) is 0 Å². The molecule has 0 rings (SSSR count). The van der Waals surface area contributed by atoms with E-state index in [0.717, 1.165) is 0 Å². The minimum Gasteiger partial charge on any atom is -0.481 e. The molecule has 0 bridgehead atoms. The van der Waals surface area contributed by atoms with Gasteiger partial charge in [0.15, 0.2) is 0 Å². The van der Waals surface area contributed by atoms with Gasteiger partial charge in [0, 0.05) is 25.7 Å². The quantitative estimate of drug-likeness (QED) is 0.432. The molecule has 0 aromatic rings. The number of hydrogen-bond acceptors (Lipinski definition) is 5. The van der Waals surface area contributed by atoms with Crippen molar-refractivity contribution in [2.24, 2.45) is 0 Å². The summed E-state index contributed by atoms with van der Waals surface area (Å²) in [6.45, 7) is 2.00. The van der Waals surface area contributed by atoms with Gasteiger partial charge in [0.05, 0.1) is 0 Å². The lowest BCUT2D eigenvalue weighted by Gasteiger charge is -1.92. The fraction of sp³-hybridized carbons (Fsp3) is 0.615. The summed E-state index contributed by atoms with van der Waals surface area (Å²) in [5.74, 6) is -3.48. The molecule has 128 valence electrons. The summed E-state index contributed by atoms with van der Waals surface area (Å²) in [6, 6.07) is 0. The predicted octanol–water partition coefficient (Wildman–Crippen LogP) is 1.25. The molecule has 0 aromatic heterocycles. The molecule has 0 saturated heterocycles. The van der Waals surface area contributed by atoms with Crippen LogP contribution in [0.25, 0.3) is 0 Å². The van der Waals surface area contributed by atoms with Crippen LogP contribution in [-0.2, 0) is 24.0 Å². The van der Waals surface area contributed by atoms with Gasteiger partial charge in [-0.3, -0.25) is 19.2 Å². The Morgan fingerprint density at radius 1 is 0.500 bits per heavy atom. The van der Waals surface area contributed by atoms with Gasteiger partial charge in [0.25, 0.3) is 0 Å². The minimum absolute atomic E-state index is 0.0628. The molecule has 4 N–H and O–H groups in total. The maximum absolute atomic E-state index is 9.90. The standard InChI is InChI=1S/2C6H10O4.CH2O/c2*7-5(8)3-1-2-4-6(9)10;1-2/h2*1-4H2,(H,7,8)(H,9,10);1H2. The van der Waals surface area contributed by atoms with Crippen LogP contribution in [0.5, 0.6) is 0 Å². The van der Waals surface area contributed by atoms with Crippen LogP contribution in [0.2, 0.25) is 0 Å². The van der Waals surface area contributed by atoms with Crippen LogP contribution < -0.4 is 0 Å². The van der Waals surface area contributed by atoms with Crippen LogP contribution in [0.3, 0.4) is 0 Å². The van der Waals surface area contributed by atoms with Crippen LogP contribution in [0.15, 0.2) is 0 Å². The van der Waals surface area contributed by atoms with Crippen molar-refractivity contribution in [2.75, 3.05) is 0 Å². The first-order chi connectivity index (χ1) is 10.3. The van der Waals surface area contributed by atoms with Gasteiger partial charge in [0.2, 0.25) is 0 Å². The molecule has 0 radical (unpaired) electrons. The van der Waals surface area contributed by atoms with Gasteiger partial charge in [-0.1, -0.05) is 0 Å². The summed E-state index contributed by atoms with van der Waals surface area (Å²) in [4.78, 5) is 47.6. The monoisotopic (exact) mass is 322 g/mol. The van der Waals surface area contributed by atoms with Crippen molar-refractivity contribution in [1.82, 2.24) is 0 Å². The molecule has 0 unspecified atom stereocenters. The largest absolute Gasteiger partial charge is 0.481 e. The highest BCUT2D eigenvalue weighted by Gasteiger charge is 1.99. The summed E-state index contributed by atoms with van der Waals surface area (Å²) in [7, 11) is 0. The summed E-state index contributed by atoms with van der Waals surface area (Å²) in [5.41, 5.74) is 0. The van der Waals surface area contributed by atoms with Crippen molar-refractivity contribution < 1.29 is 44.4 Å². The molecule has 0 spiro atoms. The maximum Gasteiger partial charge on any atom is 0.303 e. The van der Waals surface area contributed by atoms with E-state index in [4.69, 9.17) is 25.2 Å². The topological polar surface area (TPSA) is 166 Å². The Bertz CT molecular complexity index is 274. The Balaban J connectivity index is -0.000000294. The van der Waals surface area contributed by atoms with Crippen molar-refractivity contribution in [1.29, 1.82) is 0 Å². The lowest BCUT2D eigenvalue weighted by molar-refractivity contribution is -0.139. The lowest BCUT2D eigenvalue weighted by Crippen LogP contribution is -1.97. The van der Waals surface area contributed by atoms with Gasteiger partial charge < -0.3 is 25.2 Å². The molecular weight excluding hydrogens is 300 g/mol. The third-order valence-electron chi connectivity index (χ3n) is 2.06. The molecule has 0 atom stereocenters. The molecule has 0 aliphatic heterocycles. The molecule has 0 saturated carbocycles. The van der Waals surface area contributed by atoms with Crippen LogP contribution in [-0.4, -0.2) is 51.1 Å². The number of carboxylic acids is 4. The molecular formula is C13H22O9. The normalized spacial score (nSPS) is 8.55. The number of carbonyl (C=O) groups is 5. The van der Waals surface area contributed by atoms with E-state index >= 15 is 0 Å². The van der Waals surface area contributed by atoms with E-state index in [-0.39, 0.29) is 25.7 Å². The second kappa shape index (κ2) is 18.6. The third kappa shape index (κ3) is 36.0. The van der Waals surface area contributed by atoms with Gasteiger partial charge in [0.1, 0.15) is 6.79 Å². The van der Waals surface area contributed by atoms with Crippen LogP contribution in [0.1, 0.15) is 51.4 Å². The Kier molecular flexibility index (Phi) is 20.7. The molecule has 0 aliphatic rings. The highest BCUT2D eigenvalue weighted by molar-refractivity contribution is 5.68. The van der Waals surface area contributed by atoms with Gasteiger partial charge in [-0.05, 0) is 25.7 Å². The average Bonchev–Trinajstić information content (AvgIpc) is 2.42. The highest BCUT2D eigenvalue weighted by atomic mass is 16.4. The van der Waals surface area contributed by atoms with E-state index in [0.29, 0.717) is 25.7 Å². The zero-order valence-electron chi connectivity index (χ0n) is 12.2. The molecule has 0 aliphatic carbocycles. The number of carboxylic acid groups (broad SMARTS) is 4. The Morgan fingerprint density at radius 2 is 0.636 bits per heavy atom. The van der Waals surface area contributed by atoms with E-state index in [9.17, 15) is 19.2 Å². The van der Waals surface area contributed by atoms with Crippen molar-refractivity contribution in [3.63, 3.8) is 0 Å². The van der Waals surface area contributed by atoms with Crippen molar-refractivity contribution in [2.45, 2.75) is 51.4 Å². The van der Waals surface area contributed by atoms with E-state index in [1.165, 1.54) is 0 Å². The molecule has 0 heterocycles. The second-order valence-electron chi connectivity index (χ2n) is 3.99. The SMILES string of the molecule is C=O.O=C(O)CCCCC(=O)O.O=C(O)CCCCC(=O)O. The molecule has 9 nitrogen and oxygen atoms in total. The van der Waals surface area contributed by atoms with E-state index < -0.39 is 23.9 Å². The lowest BCUT2D eigenvalue weighted by atomic mass is 10.2. The molecule has 0 amide bonds. The Morgan fingerprint density at radius 3 is 0.727 bits per heavy atom. The number of hydrogen-bond donors (Lipinski definition) is 4. The van der Waals surface area contributed by atoms with E-state index in [1.807, 2.05) is 6.79 Å². The van der Waals surface area contributed by atoms with Crippen LogP contribution in [0, 0.1) is 0 Å². The fourth-order valence-corrected chi connectivity index (χ4v) is 1.10. The fourth-order valence-electron chi connectivity index (χ4n) is 1.10. The summed E-state index contributed by atoms with van der Waals surface area (Å²) in [5, 5.41) is 32.5. The van der Waals surface area contributed by atoms with Gasteiger partial charge in [-0.15, -0.1) is 0 Å². The number of carbonyl (C=O) groups excluding carboxylic acids is 1. The number of rotatable bonds is 10. The zero-order chi connectivity index (χ0) is 18.0. The summed E-state index contributed by atoms with van der Waals surface area (Å²) < 4.78 is 0. The van der Waals surface area contributed by atoms with E-state index in [2.05, 4.69) is 0 Å². The molecule has 0 aromatic carbocycles. The minimum atomic E-state index is -0.870. The van der Waals surface area contributed by atoms with Crippen molar-refractivity contribution >= 4 is 30.7 Å². The zero-order valence-corrected chi connectivity index (χ0v) is 12.2. The van der Waals surface area contributed by atoms with Gasteiger partial charge in [-0.2, -0.15) is 0 Å². The number of unbranched alkanes of at least 4 members (excludes halogenated alkanes) is 2. The summed E-state index contributed by atoms with van der Waals surface area (Å²) >= 11 is 0. The second-order valence-corrected chi connectivity index (χ2v) is 3.99. The first-order valence-electron chi connectivity index (χ1n) is 6.41. The van der Waals surface area contributed by atoms with E-state index in [1.54, 1.807) is 0 Å². The summed E-state index contributed by atoms with van der Waals surface area (Å²) in [6.07, 6.45) is 2.04. The third-order valence-corrected chi connectivity index (χ3v) is 2.06. The van der Waals surface area contributed by atoms with Gasteiger partial charge in [-0.25, -0.2) is 0 Å². The van der Waals surface area contributed by atoms with Crippen molar-refractivity contribution in [3.05, 3.63) is 0 Å². The van der Waals surface area contributed by atoms with Crippen LogP contribution in [0.4, 0.5) is 0 Å². The molecule has 9 heteroatoms. The first-order valence-corrected chi connectivity index (χ1v) is 6.41. The number of aliphatic carboxylic acids is 4. The predicted molar refractivity (Wildman–Crippen MR) is 74.6 cm³/mol. The smallest absolute Gasteiger partial charge is 0.303 e. The molecule has 0 fully saturated rings. The Hall–Kier alpha value is -2.45. The van der Waals surface area contributed by atoms with Gasteiger partial charge >= 0.3 is 23.9 Å². The maximum atomic E-state index is 9.90.